The van der Waals surface area contributed by atoms with Crippen molar-refractivity contribution in [2.24, 2.45) is 7.05 Å². The summed E-state index contributed by atoms with van der Waals surface area (Å²) in [4.78, 5) is 27.5. The van der Waals surface area contributed by atoms with E-state index in [2.05, 4.69) is 46.9 Å². The fraction of sp³-hybridized carbons (Fsp3) is 0.333. The van der Waals surface area contributed by atoms with Crippen LogP contribution in [0.25, 0.3) is 11.1 Å². The lowest BCUT2D eigenvalue weighted by Gasteiger charge is -2.32. The highest BCUT2D eigenvalue weighted by Gasteiger charge is 2.29. The molecule has 0 aliphatic carbocycles. The Balaban J connectivity index is 1.35. The highest BCUT2D eigenvalue weighted by atomic mass is 16.5. The molecule has 0 spiro atoms. The summed E-state index contributed by atoms with van der Waals surface area (Å²) in [6.45, 7) is 2.18. The number of fused-ring (bicyclic) bond motifs is 3. The van der Waals surface area contributed by atoms with E-state index in [1.807, 2.05) is 25.4 Å². The predicted octanol–water partition coefficient (Wildman–Crippen LogP) is 2.73. The second-order valence-electron chi connectivity index (χ2n) is 9.90. The zero-order valence-corrected chi connectivity index (χ0v) is 22.5. The van der Waals surface area contributed by atoms with Gasteiger partial charge in [-0.05, 0) is 18.9 Å². The predicted molar refractivity (Wildman–Crippen MR) is 149 cm³/mol. The van der Waals surface area contributed by atoms with Crippen molar-refractivity contribution in [3.63, 3.8) is 0 Å². The minimum atomic E-state index is -0.404. The van der Waals surface area contributed by atoms with Crippen molar-refractivity contribution in [3.8, 4) is 11.1 Å². The van der Waals surface area contributed by atoms with Crippen LogP contribution in [-0.4, -0.2) is 68.9 Å². The Morgan fingerprint density at radius 3 is 2.58 bits per heavy atom. The summed E-state index contributed by atoms with van der Waals surface area (Å²) in [6.07, 6.45) is 6.90. The monoisotopic (exact) mass is 542 g/mol. The molecule has 2 amide bonds. The largest absolute Gasteiger partial charge is 0.381 e. The van der Waals surface area contributed by atoms with E-state index < -0.39 is 5.91 Å². The van der Waals surface area contributed by atoms with Crippen LogP contribution in [0, 0.1) is 0 Å². The summed E-state index contributed by atoms with van der Waals surface area (Å²) in [7, 11) is 5.30. The molecule has 206 valence electrons. The molecule has 13 nitrogen and oxygen atoms in total. The molecule has 3 aromatic heterocycles. The molecule has 13 heteroatoms. The van der Waals surface area contributed by atoms with E-state index >= 15 is 0 Å². The third-order valence-corrected chi connectivity index (χ3v) is 7.24. The van der Waals surface area contributed by atoms with Gasteiger partial charge in [-0.1, -0.05) is 12.1 Å². The van der Waals surface area contributed by atoms with Crippen molar-refractivity contribution in [2.45, 2.75) is 25.4 Å². The van der Waals surface area contributed by atoms with Gasteiger partial charge in [0.1, 0.15) is 0 Å². The summed E-state index contributed by atoms with van der Waals surface area (Å²) in [5.74, 6) is -0.590. The number of rotatable bonds is 6. The molecule has 1 fully saturated rings. The summed E-state index contributed by atoms with van der Waals surface area (Å²) in [5, 5.41) is 25.7. The number of hydrogen-bond donors (Lipinski definition) is 3. The smallest absolute Gasteiger partial charge is 0.273 e. The third kappa shape index (κ3) is 4.64. The van der Waals surface area contributed by atoms with Crippen LogP contribution in [0.1, 0.15) is 45.4 Å². The molecule has 0 bridgehead atoms. The van der Waals surface area contributed by atoms with Gasteiger partial charge in [-0.3, -0.25) is 19.0 Å². The van der Waals surface area contributed by atoms with Crippen molar-refractivity contribution in [3.05, 3.63) is 59.8 Å². The van der Waals surface area contributed by atoms with E-state index in [9.17, 15) is 9.59 Å². The number of para-hydroxylation sites is 1. The number of nitrogens with zero attached hydrogens (tertiary/aromatic N) is 7. The second-order valence-corrected chi connectivity index (χ2v) is 9.90. The van der Waals surface area contributed by atoms with Crippen molar-refractivity contribution in [1.29, 1.82) is 0 Å². The van der Waals surface area contributed by atoms with Gasteiger partial charge >= 0.3 is 0 Å². The molecule has 0 saturated carbocycles. The van der Waals surface area contributed by atoms with Crippen LogP contribution in [0.4, 0.5) is 22.9 Å². The van der Waals surface area contributed by atoms with Crippen LogP contribution in [0.3, 0.4) is 0 Å². The van der Waals surface area contributed by atoms with E-state index in [1.165, 1.54) is 23.6 Å². The molecular formula is C27H30N10O3. The van der Waals surface area contributed by atoms with Crippen LogP contribution >= 0.6 is 0 Å². The lowest BCUT2D eigenvalue weighted by Crippen LogP contribution is -2.28. The van der Waals surface area contributed by atoms with Gasteiger partial charge in [0.05, 0.1) is 53.3 Å². The topological polar surface area (TPSA) is 144 Å². The minimum absolute atomic E-state index is 0.103. The maximum Gasteiger partial charge on any atom is 0.273 e. The van der Waals surface area contributed by atoms with E-state index in [-0.39, 0.29) is 17.4 Å². The molecule has 0 atom stereocenters. The fourth-order valence-corrected chi connectivity index (χ4v) is 5.30. The highest BCUT2D eigenvalue weighted by Crippen LogP contribution is 2.44. The highest BCUT2D eigenvalue weighted by molar-refractivity contribution is 6.04. The molecule has 6 rings (SSSR count). The Morgan fingerprint density at radius 1 is 1.00 bits per heavy atom. The number of anilines is 4. The lowest BCUT2D eigenvalue weighted by atomic mass is 9.97. The number of nitrogens with one attached hydrogen (secondary N) is 3. The van der Waals surface area contributed by atoms with E-state index in [1.54, 1.807) is 19.3 Å². The Morgan fingerprint density at radius 2 is 1.82 bits per heavy atom. The van der Waals surface area contributed by atoms with E-state index in [4.69, 9.17) is 9.84 Å². The maximum absolute atomic E-state index is 12.7. The van der Waals surface area contributed by atoms with Crippen LogP contribution in [0.2, 0.25) is 0 Å². The fourth-order valence-electron chi connectivity index (χ4n) is 5.30. The molecular weight excluding hydrogens is 512 g/mol. The summed E-state index contributed by atoms with van der Waals surface area (Å²) >= 11 is 0. The molecule has 1 aromatic carbocycles. The molecule has 1 saturated heterocycles. The Labute approximate surface area is 230 Å². The zero-order valence-electron chi connectivity index (χ0n) is 22.5. The van der Waals surface area contributed by atoms with Crippen LogP contribution < -0.4 is 20.9 Å². The molecule has 3 N–H and O–H groups in total. The second kappa shape index (κ2) is 10.4. The Kier molecular flexibility index (Phi) is 6.64. The van der Waals surface area contributed by atoms with Crippen molar-refractivity contribution in [2.75, 3.05) is 42.8 Å². The molecule has 0 unspecified atom stereocenters. The molecule has 40 heavy (non-hydrogen) atoms. The number of benzene rings is 1. The van der Waals surface area contributed by atoms with Gasteiger partial charge in [0.2, 0.25) is 0 Å². The first-order valence-electron chi connectivity index (χ1n) is 13.1. The number of ether oxygens (including phenoxy) is 1. The summed E-state index contributed by atoms with van der Waals surface area (Å²) < 4.78 is 9.25. The summed E-state index contributed by atoms with van der Waals surface area (Å²) in [5.41, 5.74) is 5.95. The van der Waals surface area contributed by atoms with Crippen molar-refractivity contribution in [1.82, 2.24) is 35.1 Å². The number of carbonyl (C=O) groups is 2. The van der Waals surface area contributed by atoms with Gasteiger partial charge in [-0.15, -0.1) is 10.2 Å². The van der Waals surface area contributed by atoms with Gasteiger partial charge in [-0.2, -0.15) is 10.2 Å². The van der Waals surface area contributed by atoms with Gasteiger partial charge in [-0.25, -0.2) is 0 Å². The third-order valence-electron chi connectivity index (χ3n) is 7.24. The van der Waals surface area contributed by atoms with Crippen LogP contribution in [0.5, 0.6) is 0 Å². The summed E-state index contributed by atoms with van der Waals surface area (Å²) in [6, 6.07) is 7.92. The Bertz CT molecular complexity index is 1590. The number of hydrogen-bond acceptors (Lipinski definition) is 9. The first kappa shape index (κ1) is 25.5. The van der Waals surface area contributed by atoms with Gasteiger partial charge in [0.25, 0.3) is 11.8 Å². The van der Waals surface area contributed by atoms with E-state index in [0.29, 0.717) is 23.8 Å². The first-order chi connectivity index (χ1) is 19.4. The first-order valence-corrected chi connectivity index (χ1v) is 13.1. The van der Waals surface area contributed by atoms with Crippen LogP contribution in [0.15, 0.2) is 42.9 Å². The van der Waals surface area contributed by atoms with Crippen molar-refractivity contribution < 1.29 is 14.3 Å². The molecule has 0 radical (unpaired) electrons. The SMILES string of the molecule is CNC(=O)c1nnc(NC(=O)c2cnn(C)c2)cc1Nc1cccc2c1N(C)Cc1c-2cnn1C1CCOCC1. The normalized spacial score (nSPS) is 14.8. The van der Waals surface area contributed by atoms with Crippen molar-refractivity contribution >= 4 is 34.7 Å². The average molecular weight is 543 g/mol. The Hall–Kier alpha value is -4.78. The number of carbonyl (C=O) groups excluding carboxylic acids is 2. The minimum Gasteiger partial charge on any atom is -0.381 e. The van der Waals surface area contributed by atoms with Gasteiger partial charge in [0.15, 0.2) is 11.5 Å². The molecule has 4 aromatic rings. The van der Waals surface area contributed by atoms with Gasteiger partial charge < -0.3 is 25.6 Å². The standard InChI is InChI=1S/C27H30N10O3/c1-28-27(39)24-21(11-23(33-34-24)32-26(38)16-12-29-36(3)14-16)31-20-6-4-5-18-19-13-30-37(17-7-9-40-10-8-17)22(19)15-35(2)25(18)20/h4-6,11-14,17H,7-10,15H2,1-3H3,(H,28,39)(H2,31,32,33,38). The average Bonchev–Trinajstić information content (AvgIpc) is 3.60. The number of aryl methyl sites for hydroxylation is 1. The quantitative estimate of drug-likeness (QED) is 0.335. The van der Waals surface area contributed by atoms with E-state index in [0.717, 1.165) is 48.6 Å². The number of amides is 2. The van der Waals surface area contributed by atoms with Crippen LogP contribution in [-0.2, 0) is 18.3 Å². The molecule has 2 aliphatic rings. The van der Waals surface area contributed by atoms with Gasteiger partial charge in [0, 0.05) is 57.7 Å². The maximum atomic E-state index is 12.7. The zero-order chi connectivity index (χ0) is 27.8. The number of aromatic nitrogens is 6. The molecule has 2 aliphatic heterocycles. The molecule has 5 heterocycles. The lowest BCUT2D eigenvalue weighted by molar-refractivity contribution is 0.0654.